The van der Waals surface area contributed by atoms with Gasteiger partial charge in [-0.05, 0) is 60.1 Å². The van der Waals surface area contributed by atoms with Gasteiger partial charge < -0.3 is 49.5 Å². The number of anilines is 7. The minimum absolute atomic E-state index is 0.0957. The predicted molar refractivity (Wildman–Crippen MR) is 404 cm³/mol. The number of ketones is 2. The molecule has 0 saturated carbocycles. The van der Waals surface area contributed by atoms with Crippen LogP contribution in [0.5, 0.6) is 34.5 Å². The van der Waals surface area contributed by atoms with Crippen LogP contribution in [0.1, 0.15) is 20.7 Å². The molecular formula is C74H62Cl4N4Na2O15S2. The summed E-state index contributed by atoms with van der Waals surface area (Å²) in [6, 6.07) is 71.9. The Morgan fingerprint density at radius 3 is 1.10 bits per heavy atom. The first kappa shape index (κ1) is 81.1. The number of carbonyl (C=O) groups excluding carboxylic acids is 5. The van der Waals surface area contributed by atoms with Gasteiger partial charge in [-0.3, -0.25) is 24.0 Å². The standard InChI is InChI=1S/C21H17Cl2NO4.2C17H15NO2.C17H13NO2.C2H2Cl2O.2Na.O4S2/c1-24(14-7-3-2-4-8-14)17-11-18(27-19(25)12-22)15-9-5-6-10-16(15)21(17)28-20(26)13-23;3*1-18(12-7-3-2-4-8-12)15-11-16(19)13-9-5-6-10-14(13)17(15)20;3-1-2(4)5;;;1-5(2)6(3)4/h2-11H,12-13H2,1H3;2*2-11,19-20H,1H3;2-11H,1H3;1H2;;;. The fraction of sp³-hybridized carbons (Fsp3) is 0.0946. The molecule has 11 aromatic rings. The molecule has 0 aliphatic heterocycles. The summed E-state index contributed by atoms with van der Waals surface area (Å²) >= 11 is 23.7. The summed E-state index contributed by atoms with van der Waals surface area (Å²) in [5.74, 6) is -0.741. The van der Waals surface area contributed by atoms with Gasteiger partial charge in [-0.25, -0.2) is 0 Å². The fourth-order valence-corrected chi connectivity index (χ4v) is 10.0. The first-order valence-corrected chi connectivity index (χ1v) is 43.1. The molecule has 27 heteroatoms. The molecular weight excluding hydrogens is 1440 g/mol. The third kappa shape index (κ3) is 22.0. The number of halogens is 4. The zero-order valence-corrected chi connectivity index (χ0v) is 63.8. The summed E-state index contributed by atoms with van der Waals surface area (Å²) in [5.41, 5.74) is 6.66. The van der Waals surface area contributed by atoms with Crippen molar-refractivity contribution in [1.82, 2.24) is 0 Å². The Bertz CT molecular complexity index is 4860. The zero-order chi connectivity index (χ0) is 73.9. The van der Waals surface area contributed by atoms with Crippen LogP contribution in [0.25, 0.3) is 32.3 Å². The fourth-order valence-electron chi connectivity index (χ4n) is 9.91. The van der Waals surface area contributed by atoms with Gasteiger partial charge in [0.2, 0.25) is 11.0 Å². The van der Waals surface area contributed by atoms with Crippen molar-refractivity contribution in [2.75, 3.05) is 65.4 Å². The Balaban J connectivity index is 0.000000201. The molecule has 1 aliphatic rings. The van der Waals surface area contributed by atoms with Crippen LogP contribution in [-0.4, -0.2) is 155 Å². The number of carbonyl (C=O) groups is 5. The number of allylic oxidation sites excluding steroid dienone is 2. The quantitative estimate of drug-likeness (QED) is 0.0209. The molecule has 1 aliphatic carbocycles. The van der Waals surface area contributed by atoms with Crippen LogP contribution in [0, 0.1) is 0 Å². The van der Waals surface area contributed by atoms with E-state index in [9.17, 15) is 44.4 Å². The molecule has 0 atom stereocenters. The summed E-state index contributed by atoms with van der Waals surface area (Å²) in [4.78, 5) is 65.1. The van der Waals surface area contributed by atoms with Crippen LogP contribution in [0.2, 0.25) is 0 Å². The van der Waals surface area contributed by atoms with Crippen LogP contribution in [0.15, 0.2) is 248 Å². The molecule has 0 unspecified atom stereocenters. The third-order valence-corrected chi connectivity index (χ3v) is 16.6. The number of likely N-dealkylation sites (N-methyl/N-ethyl adjacent to an activating group) is 1. The van der Waals surface area contributed by atoms with Gasteiger partial charge in [0, 0.05) is 119 Å². The minimum atomic E-state index is -2.95. The number of hydrogen-bond donors (Lipinski definition) is 4. The normalized spacial score (nSPS) is 10.8. The SMILES string of the molecule is CN(C1=CC(=O)c2ccccc2C1=O)c1ccccc1.CN(c1ccccc1)c1cc(O)c2ccccc2c1O.CN(c1ccccc1)c1cc(O)c2ccccc2c1O.CN(c1ccccc1)c1cc(OC(=O)CCl)c2ccccc2c1OC(=O)CCl.O=C(Cl)CCl.O=S(=O)=S(=O)=O.[Na][Na]. The molecule has 0 heterocycles. The number of Topliss-reactive ketones (excluding diaryl/α,β-unsaturated/α-hetero) is 1. The third-order valence-electron chi connectivity index (χ3n) is 14.7. The number of benzene rings is 11. The van der Waals surface area contributed by atoms with Crippen molar-refractivity contribution >= 4 is 209 Å². The Hall–Kier alpha value is -8.91. The second-order valence-corrected chi connectivity index (χ2v) is 24.5. The number of phenolic OH excluding ortho intramolecular Hbond substituents is 4. The van der Waals surface area contributed by atoms with Gasteiger partial charge >= 0.3 is 74.1 Å². The van der Waals surface area contributed by atoms with Gasteiger partial charge in [0.05, 0.1) is 28.6 Å². The molecule has 0 aromatic heterocycles. The number of rotatable bonds is 13. The Morgan fingerprint density at radius 2 is 0.723 bits per heavy atom. The average Bonchev–Trinajstić information content (AvgIpc) is 0.788. The van der Waals surface area contributed by atoms with Gasteiger partial charge in [0.25, 0.3) is 0 Å². The Labute approximate surface area is 633 Å². The molecule has 19 nitrogen and oxygen atoms in total. The van der Waals surface area contributed by atoms with E-state index in [4.69, 9.17) is 72.7 Å². The number of phenols is 4. The van der Waals surface area contributed by atoms with E-state index in [-0.39, 0.29) is 52.2 Å². The van der Waals surface area contributed by atoms with E-state index >= 15 is 0 Å². The van der Waals surface area contributed by atoms with Crippen molar-refractivity contribution in [2.24, 2.45) is 0 Å². The number of nitrogens with zero attached hydrogens (tertiary/aromatic N) is 4. The molecule has 0 saturated heterocycles. The average molecular weight is 1500 g/mol. The van der Waals surface area contributed by atoms with Crippen LogP contribution < -0.4 is 29.1 Å². The van der Waals surface area contributed by atoms with Crippen molar-refractivity contribution < 1.29 is 70.7 Å². The van der Waals surface area contributed by atoms with E-state index in [0.29, 0.717) is 77.7 Å². The van der Waals surface area contributed by atoms with E-state index in [0.717, 1.165) is 22.7 Å². The second kappa shape index (κ2) is 40.5. The van der Waals surface area contributed by atoms with Crippen LogP contribution >= 0.6 is 46.4 Å². The molecule has 0 fully saturated rings. The number of esters is 2. The van der Waals surface area contributed by atoms with Gasteiger partial charge in [0.1, 0.15) is 40.5 Å². The van der Waals surface area contributed by atoms with Gasteiger partial charge in [-0.2, -0.15) is 16.8 Å². The molecule has 0 spiro atoms. The maximum absolute atomic E-state index is 12.5. The predicted octanol–water partition coefficient (Wildman–Crippen LogP) is 14.9. The molecule has 12 rings (SSSR count). The molecule has 4 N–H and O–H groups in total. The van der Waals surface area contributed by atoms with Crippen molar-refractivity contribution in [1.29, 1.82) is 0 Å². The van der Waals surface area contributed by atoms with E-state index in [2.05, 4.69) is 0 Å². The Morgan fingerprint density at radius 1 is 0.406 bits per heavy atom. The molecule has 510 valence electrons. The first-order valence-electron chi connectivity index (χ1n) is 30.5. The number of alkyl halides is 3. The van der Waals surface area contributed by atoms with Crippen molar-refractivity contribution in [3.05, 3.63) is 259 Å². The molecule has 0 radical (unpaired) electrons. The summed E-state index contributed by atoms with van der Waals surface area (Å²) in [5, 5.41) is 44.5. The van der Waals surface area contributed by atoms with E-state index in [1.807, 2.05) is 181 Å². The van der Waals surface area contributed by atoms with Crippen LogP contribution in [0.3, 0.4) is 0 Å². The number of para-hydroxylation sites is 4. The topological polar surface area (TPSA) is 266 Å². The van der Waals surface area contributed by atoms with Crippen LogP contribution in [0.4, 0.5) is 39.8 Å². The summed E-state index contributed by atoms with van der Waals surface area (Å²) in [7, 11) is 1.43. The number of ether oxygens (including phenoxy) is 2. The maximum atomic E-state index is 12.5. The van der Waals surface area contributed by atoms with E-state index < -0.39 is 35.7 Å². The van der Waals surface area contributed by atoms with Crippen molar-refractivity contribution in [3.63, 3.8) is 0 Å². The summed E-state index contributed by atoms with van der Waals surface area (Å²) in [6.07, 6.45) is 1.41. The van der Waals surface area contributed by atoms with E-state index in [1.165, 1.54) is 49.7 Å². The van der Waals surface area contributed by atoms with Gasteiger partial charge in [0.15, 0.2) is 11.5 Å². The number of hydrogen-bond acceptors (Lipinski definition) is 19. The van der Waals surface area contributed by atoms with Crippen molar-refractivity contribution in [3.8, 4) is 34.5 Å². The number of aromatic hydroxyl groups is 4. The molecule has 0 bridgehead atoms. The monoisotopic (exact) mass is 1500 g/mol. The second-order valence-electron chi connectivity index (χ2n) is 20.8. The molecule has 101 heavy (non-hydrogen) atoms. The van der Waals surface area contributed by atoms with Crippen molar-refractivity contribution in [2.45, 2.75) is 0 Å². The zero-order valence-electron chi connectivity index (χ0n) is 55.1. The number of fused-ring (bicyclic) bond motifs is 4. The van der Waals surface area contributed by atoms with Gasteiger partial charge in [-0.15, -0.1) is 34.8 Å². The van der Waals surface area contributed by atoms with E-state index in [1.54, 1.807) is 103 Å². The first-order chi connectivity index (χ1) is 48.5. The summed E-state index contributed by atoms with van der Waals surface area (Å²) < 4.78 is 47.3. The van der Waals surface area contributed by atoms with Crippen LogP contribution in [-0.2, 0) is 32.9 Å². The summed E-state index contributed by atoms with van der Waals surface area (Å²) in [6.45, 7) is 0. The van der Waals surface area contributed by atoms with Gasteiger partial charge in [-0.1, -0.05) is 170 Å². The molecule has 0 amide bonds. The Kier molecular flexibility index (Phi) is 32.5. The molecule has 11 aromatic carbocycles.